The zero-order valence-corrected chi connectivity index (χ0v) is 12.5. The van der Waals surface area contributed by atoms with Gasteiger partial charge in [-0.3, -0.25) is 9.10 Å². The normalized spacial score (nSPS) is 11.2. The molecule has 1 N–H and O–H groups in total. The highest BCUT2D eigenvalue weighted by Crippen LogP contribution is 2.22. The summed E-state index contributed by atoms with van der Waals surface area (Å²) in [6.07, 6.45) is 1.99. The molecule has 0 atom stereocenters. The van der Waals surface area contributed by atoms with Crippen molar-refractivity contribution in [1.29, 1.82) is 0 Å². The van der Waals surface area contributed by atoms with Gasteiger partial charge in [0.2, 0.25) is 10.0 Å². The number of carbonyl (C=O) groups excluding carboxylic acids is 1. The predicted molar refractivity (Wildman–Crippen MR) is 77.1 cm³/mol. The lowest BCUT2D eigenvalue weighted by atomic mass is 10.1. The Morgan fingerprint density at radius 2 is 2.00 bits per heavy atom. The lowest BCUT2D eigenvalue weighted by molar-refractivity contribution is 0.0953. The number of amides is 1. The predicted octanol–water partition coefficient (Wildman–Crippen LogP) is 1.53. The number of carbonyl (C=O) groups is 1. The molecule has 106 valence electrons. The van der Waals surface area contributed by atoms with Gasteiger partial charge in [0.25, 0.3) is 5.91 Å². The van der Waals surface area contributed by atoms with Crippen LogP contribution in [-0.4, -0.2) is 34.2 Å². The second-order valence-corrected chi connectivity index (χ2v) is 6.50. The molecule has 0 heterocycles. The van der Waals surface area contributed by atoms with Gasteiger partial charge < -0.3 is 5.32 Å². The molecule has 5 nitrogen and oxygen atoms in total. The van der Waals surface area contributed by atoms with Gasteiger partial charge in [0.05, 0.1) is 11.9 Å². The fourth-order valence-electron chi connectivity index (χ4n) is 1.61. The highest BCUT2D eigenvalue weighted by molar-refractivity contribution is 7.92. The summed E-state index contributed by atoms with van der Waals surface area (Å²) in [5.74, 6) is -0.190. The molecule has 1 aromatic carbocycles. The van der Waals surface area contributed by atoms with Crippen LogP contribution in [0.4, 0.5) is 5.69 Å². The van der Waals surface area contributed by atoms with Crippen molar-refractivity contribution in [2.75, 3.05) is 24.2 Å². The summed E-state index contributed by atoms with van der Waals surface area (Å²) in [5.41, 5.74) is 1.79. The fourth-order valence-corrected chi connectivity index (χ4v) is 2.16. The van der Waals surface area contributed by atoms with E-state index in [-0.39, 0.29) is 5.91 Å². The van der Waals surface area contributed by atoms with E-state index in [0.717, 1.165) is 18.2 Å². The third-order valence-electron chi connectivity index (χ3n) is 2.84. The van der Waals surface area contributed by atoms with Crippen LogP contribution in [0.1, 0.15) is 29.3 Å². The van der Waals surface area contributed by atoms with Gasteiger partial charge in [0, 0.05) is 19.2 Å². The number of sulfonamides is 1. The Morgan fingerprint density at radius 3 is 2.53 bits per heavy atom. The quantitative estimate of drug-likeness (QED) is 0.891. The summed E-state index contributed by atoms with van der Waals surface area (Å²) in [5, 5.41) is 2.77. The third-order valence-corrected chi connectivity index (χ3v) is 4.04. The van der Waals surface area contributed by atoms with Crippen molar-refractivity contribution in [1.82, 2.24) is 5.32 Å². The number of aryl methyl sites for hydroxylation is 1. The minimum absolute atomic E-state index is 0.190. The van der Waals surface area contributed by atoms with Crippen molar-refractivity contribution in [3.05, 3.63) is 29.3 Å². The van der Waals surface area contributed by atoms with Crippen LogP contribution in [0.5, 0.6) is 0 Å². The molecule has 1 aromatic rings. The Bertz CT molecular complexity index is 567. The molecule has 0 fully saturated rings. The highest BCUT2D eigenvalue weighted by atomic mass is 32.2. The molecule has 0 radical (unpaired) electrons. The molecule has 0 aliphatic carbocycles. The van der Waals surface area contributed by atoms with E-state index in [1.165, 1.54) is 11.4 Å². The average molecular weight is 284 g/mol. The first-order valence-corrected chi connectivity index (χ1v) is 7.95. The summed E-state index contributed by atoms with van der Waals surface area (Å²) < 4.78 is 24.3. The summed E-state index contributed by atoms with van der Waals surface area (Å²) in [7, 11) is -1.86. The number of nitrogens with zero attached hydrogens (tertiary/aromatic N) is 1. The van der Waals surface area contributed by atoms with E-state index in [0.29, 0.717) is 17.8 Å². The monoisotopic (exact) mass is 284 g/mol. The first-order valence-electron chi connectivity index (χ1n) is 6.10. The van der Waals surface area contributed by atoms with Crippen molar-refractivity contribution in [3.8, 4) is 0 Å². The minimum Gasteiger partial charge on any atom is -0.352 e. The number of hydrogen-bond donors (Lipinski definition) is 1. The molecule has 0 bridgehead atoms. The van der Waals surface area contributed by atoms with E-state index in [2.05, 4.69) is 5.32 Å². The largest absolute Gasteiger partial charge is 0.352 e. The summed E-state index contributed by atoms with van der Waals surface area (Å²) >= 11 is 0. The van der Waals surface area contributed by atoms with Crippen LogP contribution in [0.15, 0.2) is 18.2 Å². The molecular weight excluding hydrogens is 264 g/mol. The van der Waals surface area contributed by atoms with Crippen molar-refractivity contribution in [2.45, 2.75) is 20.3 Å². The van der Waals surface area contributed by atoms with Crippen LogP contribution < -0.4 is 9.62 Å². The minimum atomic E-state index is -3.34. The van der Waals surface area contributed by atoms with Crippen molar-refractivity contribution >= 4 is 21.6 Å². The molecule has 0 aliphatic heterocycles. The Hall–Kier alpha value is -1.56. The van der Waals surface area contributed by atoms with Crippen LogP contribution in [0.3, 0.4) is 0 Å². The van der Waals surface area contributed by atoms with Crippen LogP contribution in [0, 0.1) is 6.92 Å². The van der Waals surface area contributed by atoms with Gasteiger partial charge in [0.15, 0.2) is 0 Å². The molecule has 0 unspecified atom stereocenters. The molecule has 0 aromatic heterocycles. The van der Waals surface area contributed by atoms with E-state index in [1.54, 1.807) is 18.2 Å². The lowest BCUT2D eigenvalue weighted by Crippen LogP contribution is -2.27. The van der Waals surface area contributed by atoms with Crippen molar-refractivity contribution < 1.29 is 13.2 Å². The number of benzene rings is 1. The van der Waals surface area contributed by atoms with E-state index in [1.807, 2.05) is 13.8 Å². The lowest BCUT2D eigenvalue weighted by Gasteiger charge is -2.19. The molecule has 0 saturated carbocycles. The smallest absolute Gasteiger partial charge is 0.251 e. The van der Waals surface area contributed by atoms with Gasteiger partial charge in [-0.1, -0.05) is 13.0 Å². The molecule has 6 heteroatoms. The summed E-state index contributed by atoms with van der Waals surface area (Å²) in [6.45, 7) is 4.38. The van der Waals surface area contributed by atoms with Gasteiger partial charge in [-0.05, 0) is 31.0 Å². The first-order chi connectivity index (χ1) is 8.77. The fraction of sp³-hybridized carbons (Fsp3) is 0.462. The molecule has 0 spiro atoms. The molecule has 1 amide bonds. The summed E-state index contributed by atoms with van der Waals surface area (Å²) in [4.78, 5) is 11.9. The molecule has 0 saturated heterocycles. The standard InChI is InChI=1S/C13H20N2O3S/c1-5-8-14-13(16)11-7-6-10(2)12(9-11)15(3)19(4,17)18/h6-7,9H,5,8H2,1-4H3,(H,14,16). The van der Waals surface area contributed by atoms with Gasteiger partial charge in [0.1, 0.15) is 0 Å². The van der Waals surface area contributed by atoms with Crippen LogP contribution in [-0.2, 0) is 10.0 Å². The number of hydrogen-bond acceptors (Lipinski definition) is 3. The molecule has 19 heavy (non-hydrogen) atoms. The maximum absolute atomic E-state index is 11.9. The second kappa shape index (κ2) is 6.06. The molecular formula is C13H20N2O3S. The van der Waals surface area contributed by atoms with Gasteiger partial charge in [-0.15, -0.1) is 0 Å². The highest BCUT2D eigenvalue weighted by Gasteiger charge is 2.16. The topological polar surface area (TPSA) is 66.5 Å². The summed E-state index contributed by atoms with van der Waals surface area (Å²) in [6, 6.07) is 5.04. The van der Waals surface area contributed by atoms with Gasteiger partial charge in [-0.25, -0.2) is 8.42 Å². The average Bonchev–Trinajstić information content (AvgIpc) is 2.34. The maximum atomic E-state index is 11.9. The van der Waals surface area contributed by atoms with E-state index < -0.39 is 10.0 Å². The number of anilines is 1. The SMILES string of the molecule is CCCNC(=O)c1ccc(C)c(N(C)S(C)(=O)=O)c1. The Balaban J connectivity index is 3.11. The Morgan fingerprint density at radius 1 is 1.37 bits per heavy atom. The van der Waals surface area contributed by atoms with Crippen LogP contribution in [0.2, 0.25) is 0 Å². The van der Waals surface area contributed by atoms with Crippen LogP contribution in [0.25, 0.3) is 0 Å². The zero-order chi connectivity index (χ0) is 14.6. The Kier molecular flexibility index (Phi) is 4.94. The van der Waals surface area contributed by atoms with Gasteiger partial charge in [-0.2, -0.15) is 0 Å². The maximum Gasteiger partial charge on any atom is 0.251 e. The first kappa shape index (κ1) is 15.5. The van der Waals surface area contributed by atoms with Crippen molar-refractivity contribution in [3.63, 3.8) is 0 Å². The third kappa shape index (κ3) is 3.96. The second-order valence-electron chi connectivity index (χ2n) is 4.49. The molecule has 0 aliphatic rings. The van der Waals surface area contributed by atoms with Crippen LogP contribution >= 0.6 is 0 Å². The van der Waals surface area contributed by atoms with E-state index >= 15 is 0 Å². The van der Waals surface area contributed by atoms with E-state index in [9.17, 15) is 13.2 Å². The molecule has 1 rings (SSSR count). The number of rotatable bonds is 5. The zero-order valence-electron chi connectivity index (χ0n) is 11.7. The van der Waals surface area contributed by atoms with Gasteiger partial charge >= 0.3 is 0 Å². The number of nitrogens with one attached hydrogen (secondary N) is 1. The van der Waals surface area contributed by atoms with Crippen molar-refractivity contribution in [2.24, 2.45) is 0 Å². The van der Waals surface area contributed by atoms with E-state index in [4.69, 9.17) is 0 Å². The Labute approximate surface area is 114 Å².